The standard InChI is InChI=1S/C20H19N3O6/c1-13-21-16-7-4-3-6-15(16)19(24)22(13)10-5-11-29-20(25)14-8-9-18(28-2)17(12-14)23(26)27/h3-4,6-9,12H,5,10-11H2,1-2H3. The second-order valence-corrected chi connectivity index (χ2v) is 6.27. The van der Waals surface area contributed by atoms with Gasteiger partial charge in [0.2, 0.25) is 0 Å². The topological polar surface area (TPSA) is 114 Å². The number of hydrogen-bond acceptors (Lipinski definition) is 7. The quantitative estimate of drug-likeness (QED) is 0.261. The predicted molar refractivity (Wildman–Crippen MR) is 105 cm³/mol. The molecule has 1 aromatic heterocycles. The Kier molecular flexibility index (Phi) is 5.87. The SMILES string of the molecule is COc1ccc(C(=O)OCCCn2c(C)nc3ccccc3c2=O)cc1[N+](=O)[O-]. The highest BCUT2D eigenvalue weighted by Gasteiger charge is 2.19. The molecule has 0 N–H and O–H groups in total. The number of methoxy groups -OCH3 is 1. The molecule has 0 saturated carbocycles. The van der Waals surface area contributed by atoms with Crippen molar-refractivity contribution >= 4 is 22.6 Å². The lowest BCUT2D eigenvalue weighted by Crippen LogP contribution is -2.24. The molecule has 0 saturated heterocycles. The average Bonchev–Trinajstić information content (AvgIpc) is 2.72. The van der Waals surface area contributed by atoms with E-state index in [0.717, 1.165) is 6.07 Å². The van der Waals surface area contributed by atoms with E-state index in [-0.39, 0.29) is 29.2 Å². The van der Waals surface area contributed by atoms with Crippen LogP contribution in [-0.4, -0.2) is 34.2 Å². The third kappa shape index (κ3) is 4.23. The molecule has 0 bridgehead atoms. The van der Waals surface area contributed by atoms with E-state index in [1.165, 1.54) is 23.8 Å². The maximum absolute atomic E-state index is 12.6. The Hall–Kier alpha value is -3.75. The van der Waals surface area contributed by atoms with Crippen molar-refractivity contribution in [3.05, 3.63) is 74.3 Å². The summed E-state index contributed by atoms with van der Waals surface area (Å²) in [5.74, 6) is -0.0486. The van der Waals surface area contributed by atoms with Gasteiger partial charge in [0.05, 0.1) is 35.1 Å². The number of benzene rings is 2. The summed E-state index contributed by atoms with van der Waals surface area (Å²) in [6.07, 6.45) is 0.394. The first kappa shape index (κ1) is 20.0. The molecule has 2 aromatic carbocycles. The minimum Gasteiger partial charge on any atom is -0.490 e. The highest BCUT2D eigenvalue weighted by molar-refractivity contribution is 5.90. The van der Waals surface area contributed by atoms with Crippen LogP contribution < -0.4 is 10.3 Å². The number of hydrogen-bond donors (Lipinski definition) is 0. The van der Waals surface area contributed by atoms with Crippen LogP contribution in [0.25, 0.3) is 10.9 Å². The number of ether oxygens (including phenoxy) is 2. The summed E-state index contributed by atoms with van der Waals surface area (Å²) in [5.41, 5.74) is 0.230. The van der Waals surface area contributed by atoms with Gasteiger partial charge < -0.3 is 9.47 Å². The molecule has 0 aliphatic carbocycles. The average molecular weight is 397 g/mol. The number of aromatic nitrogens is 2. The van der Waals surface area contributed by atoms with Crippen LogP contribution in [-0.2, 0) is 11.3 Å². The second kappa shape index (κ2) is 8.51. The molecule has 0 fully saturated rings. The number of carbonyl (C=O) groups is 1. The van der Waals surface area contributed by atoms with Gasteiger partial charge >= 0.3 is 11.7 Å². The Bertz CT molecular complexity index is 1140. The number of nitro groups is 1. The number of para-hydroxylation sites is 1. The Balaban J connectivity index is 1.65. The molecule has 3 aromatic rings. The Labute approximate surface area is 165 Å². The number of rotatable bonds is 7. The van der Waals surface area contributed by atoms with E-state index < -0.39 is 10.9 Å². The molecule has 0 radical (unpaired) electrons. The van der Waals surface area contributed by atoms with Gasteiger partial charge in [-0.25, -0.2) is 9.78 Å². The molecular formula is C20H19N3O6. The third-order valence-corrected chi connectivity index (χ3v) is 4.42. The van der Waals surface area contributed by atoms with Crippen molar-refractivity contribution in [2.75, 3.05) is 13.7 Å². The third-order valence-electron chi connectivity index (χ3n) is 4.42. The van der Waals surface area contributed by atoms with Crippen molar-refractivity contribution in [1.82, 2.24) is 9.55 Å². The molecule has 9 heteroatoms. The first-order chi connectivity index (χ1) is 13.9. The van der Waals surface area contributed by atoms with Crippen LogP contribution in [0.4, 0.5) is 5.69 Å². The number of aryl methyl sites for hydroxylation is 1. The first-order valence-electron chi connectivity index (χ1n) is 8.88. The van der Waals surface area contributed by atoms with Crippen molar-refractivity contribution in [1.29, 1.82) is 0 Å². The summed E-state index contributed by atoms with van der Waals surface area (Å²) in [4.78, 5) is 39.6. The number of nitro benzene ring substituents is 1. The van der Waals surface area contributed by atoms with Crippen molar-refractivity contribution in [2.24, 2.45) is 0 Å². The van der Waals surface area contributed by atoms with Gasteiger partial charge in [-0.3, -0.25) is 19.5 Å². The van der Waals surface area contributed by atoms with E-state index in [2.05, 4.69) is 4.98 Å². The van der Waals surface area contributed by atoms with E-state index in [0.29, 0.717) is 29.7 Å². The van der Waals surface area contributed by atoms with Crippen LogP contribution in [0.5, 0.6) is 5.75 Å². The minimum absolute atomic E-state index is 0.0529. The summed E-state index contributed by atoms with van der Waals surface area (Å²) in [6, 6.07) is 11.0. The largest absolute Gasteiger partial charge is 0.490 e. The van der Waals surface area contributed by atoms with Gasteiger partial charge in [-0.05, 0) is 37.6 Å². The second-order valence-electron chi connectivity index (χ2n) is 6.27. The van der Waals surface area contributed by atoms with Crippen LogP contribution in [0.3, 0.4) is 0 Å². The molecule has 0 aliphatic heterocycles. The molecule has 9 nitrogen and oxygen atoms in total. The van der Waals surface area contributed by atoms with Crippen LogP contribution in [0.1, 0.15) is 22.6 Å². The molecule has 3 rings (SSSR count). The molecule has 0 amide bonds. The molecule has 1 heterocycles. The molecule has 29 heavy (non-hydrogen) atoms. The van der Waals surface area contributed by atoms with Crippen LogP contribution in [0.15, 0.2) is 47.3 Å². The maximum Gasteiger partial charge on any atom is 0.338 e. The van der Waals surface area contributed by atoms with E-state index in [9.17, 15) is 19.7 Å². The van der Waals surface area contributed by atoms with E-state index >= 15 is 0 Å². The van der Waals surface area contributed by atoms with Crippen molar-refractivity contribution in [2.45, 2.75) is 19.9 Å². The monoisotopic (exact) mass is 397 g/mol. The lowest BCUT2D eigenvalue weighted by Gasteiger charge is -2.11. The summed E-state index contributed by atoms with van der Waals surface area (Å²) < 4.78 is 11.6. The highest BCUT2D eigenvalue weighted by Crippen LogP contribution is 2.27. The zero-order valence-corrected chi connectivity index (χ0v) is 16.0. The van der Waals surface area contributed by atoms with Gasteiger partial charge in [0.15, 0.2) is 5.75 Å². The number of fused-ring (bicyclic) bond motifs is 1. The number of esters is 1. The zero-order chi connectivity index (χ0) is 21.0. The lowest BCUT2D eigenvalue weighted by atomic mass is 10.2. The molecular weight excluding hydrogens is 378 g/mol. The molecule has 0 unspecified atom stereocenters. The molecule has 0 spiro atoms. The van der Waals surface area contributed by atoms with Crippen molar-refractivity contribution in [3.63, 3.8) is 0 Å². The highest BCUT2D eigenvalue weighted by atomic mass is 16.6. The van der Waals surface area contributed by atoms with Gasteiger partial charge in [-0.2, -0.15) is 0 Å². The minimum atomic E-state index is -0.684. The Morgan fingerprint density at radius 3 is 2.72 bits per heavy atom. The number of carbonyl (C=O) groups excluding carboxylic acids is 1. The van der Waals surface area contributed by atoms with Gasteiger partial charge in [0.25, 0.3) is 5.56 Å². The van der Waals surface area contributed by atoms with Crippen molar-refractivity contribution in [3.8, 4) is 5.75 Å². The molecule has 0 aliphatic rings. The normalized spacial score (nSPS) is 10.7. The van der Waals surface area contributed by atoms with Gasteiger partial charge in [-0.1, -0.05) is 12.1 Å². The maximum atomic E-state index is 12.6. The van der Waals surface area contributed by atoms with E-state index in [4.69, 9.17) is 9.47 Å². The fraction of sp³-hybridized carbons (Fsp3) is 0.250. The predicted octanol–water partition coefficient (Wildman–Crippen LogP) is 2.87. The Morgan fingerprint density at radius 2 is 2.00 bits per heavy atom. The summed E-state index contributed by atoms with van der Waals surface area (Å²) in [7, 11) is 1.31. The fourth-order valence-corrected chi connectivity index (χ4v) is 2.97. The fourth-order valence-electron chi connectivity index (χ4n) is 2.97. The van der Waals surface area contributed by atoms with E-state index in [1.54, 1.807) is 25.1 Å². The Morgan fingerprint density at radius 1 is 1.24 bits per heavy atom. The van der Waals surface area contributed by atoms with Gasteiger partial charge in [0, 0.05) is 12.6 Å². The summed E-state index contributed by atoms with van der Waals surface area (Å²) >= 11 is 0. The van der Waals surface area contributed by atoms with Gasteiger partial charge in [0.1, 0.15) is 5.82 Å². The van der Waals surface area contributed by atoms with E-state index in [1.807, 2.05) is 6.07 Å². The van der Waals surface area contributed by atoms with Crippen LogP contribution >= 0.6 is 0 Å². The smallest absolute Gasteiger partial charge is 0.338 e. The zero-order valence-electron chi connectivity index (χ0n) is 16.0. The van der Waals surface area contributed by atoms with Crippen molar-refractivity contribution < 1.29 is 19.2 Å². The molecule has 0 atom stereocenters. The summed E-state index contributed by atoms with van der Waals surface area (Å²) in [5, 5.41) is 11.6. The van der Waals surface area contributed by atoms with Crippen LogP contribution in [0, 0.1) is 17.0 Å². The number of nitrogens with zero attached hydrogens (tertiary/aromatic N) is 3. The van der Waals surface area contributed by atoms with Gasteiger partial charge in [-0.15, -0.1) is 0 Å². The molecule has 150 valence electrons. The van der Waals surface area contributed by atoms with Crippen LogP contribution in [0.2, 0.25) is 0 Å². The first-order valence-corrected chi connectivity index (χ1v) is 8.88. The summed E-state index contributed by atoms with van der Waals surface area (Å²) in [6.45, 7) is 2.13. The lowest BCUT2D eigenvalue weighted by molar-refractivity contribution is -0.385.